The van der Waals surface area contributed by atoms with E-state index in [0.717, 1.165) is 81.2 Å². The zero-order valence-electron chi connectivity index (χ0n) is 16.9. The van der Waals surface area contributed by atoms with Crippen molar-refractivity contribution >= 4 is 17.6 Å². The summed E-state index contributed by atoms with van der Waals surface area (Å²) < 4.78 is 5.49. The van der Waals surface area contributed by atoms with E-state index in [1.54, 1.807) is 12.4 Å². The highest BCUT2D eigenvalue weighted by atomic mass is 16.5. The second-order valence-electron chi connectivity index (χ2n) is 7.43. The highest BCUT2D eigenvalue weighted by Crippen LogP contribution is 2.32. The van der Waals surface area contributed by atoms with Crippen molar-refractivity contribution in [1.82, 2.24) is 20.2 Å². The van der Waals surface area contributed by atoms with Crippen LogP contribution in [0.5, 0.6) is 0 Å². The Balaban J connectivity index is 1.41. The molecule has 8 nitrogen and oxygen atoms in total. The van der Waals surface area contributed by atoms with Gasteiger partial charge in [-0.15, -0.1) is 10.2 Å². The van der Waals surface area contributed by atoms with Gasteiger partial charge in [0.15, 0.2) is 11.6 Å². The predicted octanol–water partition coefficient (Wildman–Crippen LogP) is 2.10. The predicted molar refractivity (Wildman–Crippen MR) is 117 cm³/mol. The molecule has 5 rings (SSSR count). The van der Waals surface area contributed by atoms with Gasteiger partial charge in [0.05, 0.1) is 13.2 Å². The number of nitrogens with zero attached hydrogens (tertiary/aromatic N) is 7. The van der Waals surface area contributed by atoms with Gasteiger partial charge < -0.3 is 19.4 Å². The normalized spacial score (nSPS) is 17.3. The molecule has 8 heteroatoms. The Morgan fingerprint density at radius 1 is 0.700 bits per heavy atom. The molecule has 0 radical (unpaired) electrons. The van der Waals surface area contributed by atoms with Gasteiger partial charge in [0.2, 0.25) is 5.95 Å². The summed E-state index contributed by atoms with van der Waals surface area (Å²) >= 11 is 0. The fraction of sp³-hybridized carbons (Fsp3) is 0.364. The summed E-state index contributed by atoms with van der Waals surface area (Å²) in [6.07, 6.45) is 3.58. The average molecular weight is 403 g/mol. The van der Waals surface area contributed by atoms with Crippen LogP contribution in [0.25, 0.3) is 11.1 Å². The van der Waals surface area contributed by atoms with Gasteiger partial charge in [-0.3, -0.25) is 0 Å². The van der Waals surface area contributed by atoms with Crippen molar-refractivity contribution in [2.75, 3.05) is 67.2 Å². The molecule has 1 aromatic carbocycles. The Bertz CT molecular complexity index is 956. The number of anilines is 3. The third kappa shape index (κ3) is 3.91. The third-order valence-corrected chi connectivity index (χ3v) is 5.60. The Kier molecular flexibility index (Phi) is 5.39. The lowest BCUT2D eigenvalue weighted by Gasteiger charge is -2.36. The second kappa shape index (κ2) is 8.62. The van der Waals surface area contributed by atoms with E-state index >= 15 is 0 Å². The van der Waals surface area contributed by atoms with Crippen LogP contribution in [-0.2, 0) is 4.74 Å². The van der Waals surface area contributed by atoms with Crippen LogP contribution in [0.3, 0.4) is 0 Å². The smallest absolute Gasteiger partial charge is 0.225 e. The lowest BCUT2D eigenvalue weighted by molar-refractivity contribution is 0.122. The van der Waals surface area contributed by atoms with Gasteiger partial charge in [-0.25, -0.2) is 9.97 Å². The summed E-state index contributed by atoms with van der Waals surface area (Å²) in [7, 11) is 0. The van der Waals surface area contributed by atoms with Gasteiger partial charge in [0.1, 0.15) is 0 Å². The van der Waals surface area contributed by atoms with E-state index in [4.69, 9.17) is 9.84 Å². The minimum atomic E-state index is 0.730. The number of piperazine rings is 1. The third-order valence-electron chi connectivity index (χ3n) is 5.60. The first-order chi connectivity index (χ1) is 14.9. The van der Waals surface area contributed by atoms with Crippen LogP contribution in [0.2, 0.25) is 0 Å². The van der Waals surface area contributed by atoms with E-state index < -0.39 is 0 Å². The zero-order chi connectivity index (χ0) is 20.2. The number of morpholine rings is 1. The Morgan fingerprint density at radius 2 is 1.40 bits per heavy atom. The Morgan fingerprint density at radius 3 is 2.13 bits per heavy atom. The molecular weight excluding hydrogens is 378 g/mol. The molecule has 30 heavy (non-hydrogen) atoms. The van der Waals surface area contributed by atoms with Gasteiger partial charge in [-0.05, 0) is 17.7 Å². The molecule has 154 valence electrons. The monoisotopic (exact) mass is 403 g/mol. The number of rotatable bonds is 4. The van der Waals surface area contributed by atoms with Crippen LogP contribution in [0.4, 0.5) is 17.6 Å². The molecule has 2 saturated heterocycles. The van der Waals surface area contributed by atoms with Crippen molar-refractivity contribution in [3.05, 3.63) is 54.9 Å². The maximum atomic E-state index is 5.49. The number of hydrogen-bond donors (Lipinski definition) is 0. The van der Waals surface area contributed by atoms with E-state index in [1.165, 1.54) is 0 Å². The topological polar surface area (TPSA) is 70.5 Å². The molecule has 0 atom stereocenters. The molecule has 0 spiro atoms. The molecule has 4 heterocycles. The molecule has 0 N–H and O–H groups in total. The quantitative estimate of drug-likeness (QED) is 0.656. The minimum absolute atomic E-state index is 0.730. The first-order valence-corrected chi connectivity index (χ1v) is 10.4. The minimum Gasteiger partial charge on any atom is -0.378 e. The van der Waals surface area contributed by atoms with Crippen molar-refractivity contribution < 1.29 is 4.74 Å². The number of ether oxygens (including phenoxy) is 1. The largest absolute Gasteiger partial charge is 0.378 e. The summed E-state index contributed by atoms with van der Waals surface area (Å²) in [5.41, 5.74) is 2.28. The van der Waals surface area contributed by atoms with E-state index in [2.05, 4.69) is 60.1 Å². The average Bonchev–Trinajstić information content (AvgIpc) is 2.85. The van der Waals surface area contributed by atoms with Crippen LogP contribution in [0, 0.1) is 0 Å². The fourth-order valence-corrected chi connectivity index (χ4v) is 3.96. The summed E-state index contributed by atoms with van der Waals surface area (Å²) in [6, 6.07) is 14.5. The van der Waals surface area contributed by atoms with E-state index in [0.29, 0.717) is 0 Å². The summed E-state index contributed by atoms with van der Waals surface area (Å²) in [4.78, 5) is 15.5. The van der Waals surface area contributed by atoms with Crippen LogP contribution in [0.1, 0.15) is 0 Å². The van der Waals surface area contributed by atoms with Gasteiger partial charge in [0, 0.05) is 57.2 Å². The molecule has 2 aliphatic heterocycles. The molecule has 0 saturated carbocycles. The van der Waals surface area contributed by atoms with Crippen molar-refractivity contribution in [2.45, 2.75) is 0 Å². The molecule has 0 aliphatic carbocycles. The van der Waals surface area contributed by atoms with Gasteiger partial charge in [-0.1, -0.05) is 30.3 Å². The number of benzene rings is 1. The first-order valence-electron chi connectivity index (χ1n) is 10.4. The van der Waals surface area contributed by atoms with Crippen molar-refractivity contribution in [3.8, 4) is 11.1 Å². The molecule has 0 amide bonds. The van der Waals surface area contributed by atoms with E-state index in [9.17, 15) is 0 Å². The SMILES string of the molecule is c1ccc(-c2cc(N3CCOCC3)nnc2N2CCN(c3ncccn3)CC2)cc1. The molecule has 2 fully saturated rings. The first kappa shape index (κ1) is 18.7. The van der Waals surface area contributed by atoms with Crippen LogP contribution in [0.15, 0.2) is 54.9 Å². The van der Waals surface area contributed by atoms with Gasteiger partial charge in [-0.2, -0.15) is 0 Å². The zero-order valence-corrected chi connectivity index (χ0v) is 16.9. The Hall–Kier alpha value is -3.26. The number of aromatic nitrogens is 4. The van der Waals surface area contributed by atoms with Gasteiger partial charge in [0.25, 0.3) is 0 Å². The van der Waals surface area contributed by atoms with Gasteiger partial charge >= 0.3 is 0 Å². The van der Waals surface area contributed by atoms with Crippen LogP contribution >= 0.6 is 0 Å². The number of hydrogen-bond acceptors (Lipinski definition) is 8. The molecule has 2 aromatic heterocycles. The summed E-state index contributed by atoms with van der Waals surface area (Å²) in [6.45, 7) is 6.56. The van der Waals surface area contributed by atoms with Crippen LogP contribution in [-0.4, -0.2) is 72.6 Å². The molecule has 3 aromatic rings. The van der Waals surface area contributed by atoms with E-state index in [-0.39, 0.29) is 0 Å². The highest BCUT2D eigenvalue weighted by Gasteiger charge is 2.24. The lowest BCUT2D eigenvalue weighted by Crippen LogP contribution is -2.47. The molecular formula is C22H25N7O. The molecule has 0 bridgehead atoms. The maximum absolute atomic E-state index is 5.49. The maximum Gasteiger partial charge on any atom is 0.225 e. The highest BCUT2D eigenvalue weighted by molar-refractivity contribution is 5.78. The Labute approximate surface area is 176 Å². The standard InChI is InChI=1S/C22H25N7O/c1-2-5-18(6-3-1)19-17-20(27-13-15-30-16-14-27)25-26-21(19)28-9-11-29(12-10-28)22-23-7-4-8-24-22/h1-8,17H,9-16H2. The molecule has 2 aliphatic rings. The van der Waals surface area contributed by atoms with Crippen molar-refractivity contribution in [1.29, 1.82) is 0 Å². The fourth-order valence-electron chi connectivity index (χ4n) is 3.96. The second-order valence-corrected chi connectivity index (χ2v) is 7.43. The van der Waals surface area contributed by atoms with Crippen molar-refractivity contribution in [3.63, 3.8) is 0 Å². The van der Waals surface area contributed by atoms with E-state index in [1.807, 2.05) is 12.1 Å². The van der Waals surface area contributed by atoms with Crippen LogP contribution < -0.4 is 14.7 Å². The van der Waals surface area contributed by atoms with Crippen molar-refractivity contribution in [2.24, 2.45) is 0 Å². The molecule has 0 unspecified atom stereocenters. The lowest BCUT2D eigenvalue weighted by atomic mass is 10.1. The summed E-state index contributed by atoms with van der Waals surface area (Å²) in [5, 5.41) is 9.28. The summed E-state index contributed by atoms with van der Waals surface area (Å²) in [5.74, 6) is 2.64.